The number of para-hydroxylation sites is 1. The lowest BCUT2D eigenvalue weighted by molar-refractivity contribution is -0.152. The molecular formula is C25H31N3O5. The highest BCUT2D eigenvalue weighted by Gasteiger charge is 2.52. The summed E-state index contributed by atoms with van der Waals surface area (Å²) in [6, 6.07) is 16.7. The second kappa shape index (κ2) is 11.0. The number of carbonyl (C=O) groups excluding carboxylic acids is 1. The van der Waals surface area contributed by atoms with Crippen LogP contribution in [0.5, 0.6) is 0 Å². The fourth-order valence-corrected chi connectivity index (χ4v) is 4.24. The Bertz CT molecular complexity index is 954. The van der Waals surface area contributed by atoms with Crippen LogP contribution in [-0.4, -0.2) is 58.1 Å². The number of benzene rings is 2. The molecule has 0 radical (unpaired) electrons. The van der Waals surface area contributed by atoms with Crippen LogP contribution in [0.3, 0.4) is 0 Å². The Kier molecular flexibility index (Phi) is 8.06. The van der Waals surface area contributed by atoms with Gasteiger partial charge in [-0.25, -0.2) is 4.79 Å². The molecule has 0 aromatic heterocycles. The minimum absolute atomic E-state index is 0.00643. The van der Waals surface area contributed by atoms with Crippen LogP contribution >= 0.6 is 0 Å². The van der Waals surface area contributed by atoms with Crippen LogP contribution in [0.1, 0.15) is 30.4 Å². The smallest absolute Gasteiger partial charge is 0.339 e. The number of aryl methyl sites for hydroxylation is 1. The largest absolute Gasteiger partial charge is 0.481 e. The van der Waals surface area contributed by atoms with Gasteiger partial charge in [0.1, 0.15) is 0 Å². The van der Waals surface area contributed by atoms with Gasteiger partial charge in [0.25, 0.3) is 5.91 Å². The predicted molar refractivity (Wildman–Crippen MR) is 125 cm³/mol. The molecule has 2 aromatic rings. The molecule has 0 spiro atoms. The lowest BCUT2D eigenvalue weighted by Crippen LogP contribution is -2.59. The summed E-state index contributed by atoms with van der Waals surface area (Å²) < 4.78 is 0. The van der Waals surface area contributed by atoms with E-state index in [9.17, 15) is 24.6 Å². The van der Waals surface area contributed by atoms with Crippen LogP contribution in [0.15, 0.2) is 54.6 Å². The lowest BCUT2D eigenvalue weighted by Gasteiger charge is -2.33. The number of nitrogens with zero attached hydrogens (tertiary/aromatic N) is 1. The number of unbranched alkanes of at least 4 members (excludes halogenated alkanes) is 1. The van der Waals surface area contributed by atoms with Crippen molar-refractivity contribution in [3.8, 4) is 0 Å². The third kappa shape index (κ3) is 5.70. The number of rotatable bonds is 12. The van der Waals surface area contributed by atoms with Crippen molar-refractivity contribution in [3.63, 3.8) is 0 Å². The first-order valence-electron chi connectivity index (χ1n) is 11.2. The summed E-state index contributed by atoms with van der Waals surface area (Å²) in [4.78, 5) is 39.4. The SMILES string of the molecule is NCCCCN(C[C@@H](CCc1ccccc1)C(=O)O)C(=O)C1(C(=O)O)Cc2ccccc2N1. The maximum Gasteiger partial charge on any atom is 0.339 e. The molecule has 0 aliphatic carbocycles. The first-order valence-corrected chi connectivity index (χ1v) is 11.2. The molecular weight excluding hydrogens is 422 g/mol. The molecule has 5 N–H and O–H groups in total. The van der Waals surface area contributed by atoms with Gasteiger partial charge in [-0.15, -0.1) is 0 Å². The summed E-state index contributed by atoms with van der Waals surface area (Å²) in [6.45, 7) is 0.628. The Morgan fingerprint density at radius 3 is 2.36 bits per heavy atom. The van der Waals surface area contributed by atoms with Gasteiger partial charge in [0.2, 0.25) is 5.54 Å². The molecule has 1 heterocycles. The average molecular weight is 454 g/mol. The van der Waals surface area contributed by atoms with E-state index in [4.69, 9.17) is 5.73 Å². The number of carboxylic acid groups (broad SMARTS) is 2. The van der Waals surface area contributed by atoms with Crippen LogP contribution in [-0.2, 0) is 27.2 Å². The maximum absolute atomic E-state index is 13.7. The Balaban J connectivity index is 1.81. The van der Waals surface area contributed by atoms with E-state index in [0.29, 0.717) is 37.9 Å². The maximum atomic E-state index is 13.7. The van der Waals surface area contributed by atoms with E-state index in [0.717, 1.165) is 11.1 Å². The van der Waals surface area contributed by atoms with Crippen LogP contribution in [0, 0.1) is 5.92 Å². The van der Waals surface area contributed by atoms with Crippen LogP contribution in [0.2, 0.25) is 0 Å². The number of carboxylic acids is 2. The summed E-state index contributed by atoms with van der Waals surface area (Å²) in [6.07, 6.45) is 2.12. The van der Waals surface area contributed by atoms with Gasteiger partial charge >= 0.3 is 11.9 Å². The number of hydrogen-bond donors (Lipinski definition) is 4. The van der Waals surface area contributed by atoms with Crippen molar-refractivity contribution in [2.75, 3.05) is 25.0 Å². The third-order valence-corrected chi connectivity index (χ3v) is 6.13. The molecule has 8 nitrogen and oxygen atoms in total. The Morgan fingerprint density at radius 1 is 1.03 bits per heavy atom. The standard InChI is InChI=1S/C25H31N3O5/c26-14-6-7-15-28(17-20(22(29)30)13-12-18-8-2-1-3-9-18)23(31)25(24(32)33)16-19-10-4-5-11-21(19)27-25/h1-5,8-11,20,27H,6-7,12-17,26H2,(H,29,30)(H,32,33)/t20-,25?/m1/s1. The predicted octanol–water partition coefficient (Wildman–Crippen LogP) is 2.38. The van der Waals surface area contributed by atoms with Gasteiger partial charge in [-0.1, -0.05) is 48.5 Å². The van der Waals surface area contributed by atoms with Gasteiger partial charge < -0.3 is 26.2 Å². The number of amides is 1. The van der Waals surface area contributed by atoms with E-state index in [1.54, 1.807) is 24.3 Å². The van der Waals surface area contributed by atoms with Crippen molar-refractivity contribution in [2.24, 2.45) is 11.7 Å². The molecule has 2 aromatic carbocycles. The third-order valence-electron chi connectivity index (χ3n) is 6.13. The molecule has 0 fully saturated rings. The molecule has 1 aliphatic heterocycles. The van der Waals surface area contributed by atoms with Crippen molar-refractivity contribution >= 4 is 23.5 Å². The second-order valence-corrected chi connectivity index (χ2v) is 8.48. The average Bonchev–Trinajstić information content (AvgIpc) is 3.22. The van der Waals surface area contributed by atoms with Gasteiger partial charge in [0.05, 0.1) is 5.92 Å². The Hall–Kier alpha value is -3.39. The number of anilines is 1. The molecule has 1 unspecified atom stereocenters. The number of carbonyl (C=O) groups is 3. The van der Waals surface area contributed by atoms with E-state index in [1.807, 2.05) is 30.3 Å². The fourth-order valence-electron chi connectivity index (χ4n) is 4.24. The van der Waals surface area contributed by atoms with Gasteiger partial charge in [0.15, 0.2) is 0 Å². The molecule has 0 saturated heterocycles. The van der Waals surface area contributed by atoms with Crippen molar-refractivity contribution in [1.82, 2.24) is 4.90 Å². The highest BCUT2D eigenvalue weighted by Crippen LogP contribution is 2.34. The van der Waals surface area contributed by atoms with Crippen molar-refractivity contribution in [2.45, 2.75) is 37.6 Å². The molecule has 0 saturated carbocycles. The number of nitrogens with one attached hydrogen (secondary N) is 1. The van der Waals surface area contributed by atoms with E-state index < -0.39 is 29.3 Å². The summed E-state index contributed by atoms with van der Waals surface area (Å²) in [5.74, 6) is -3.71. The van der Waals surface area contributed by atoms with Gasteiger partial charge in [-0.3, -0.25) is 9.59 Å². The molecule has 1 aliphatic rings. The highest BCUT2D eigenvalue weighted by molar-refractivity contribution is 6.11. The van der Waals surface area contributed by atoms with Gasteiger partial charge in [-0.2, -0.15) is 0 Å². The summed E-state index contributed by atoms with van der Waals surface area (Å²) in [7, 11) is 0. The molecule has 0 bridgehead atoms. The topological polar surface area (TPSA) is 133 Å². The number of fused-ring (bicyclic) bond motifs is 1. The van der Waals surface area contributed by atoms with Crippen LogP contribution < -0.4 is 11.1 Å². The first-order chi connectivity index (χ1) is 15.9. The van der Waals surface area contributed by atoms with E-state index >= 15 is 0 Å². The molecule has 8 heteroatoms. The second-order valence-electron chi connectivity index (χ2n) is 8.48. The molecule has 176 valence electrons. The van der Waals surface area contributed by atoms with Crippen molar-refractivity contribution in [3.05, 3.63) is 65.7 Å². The van der Waals surface area contributed by atoms with Crippen molar-refractivity contribution < 1.29 is 24.6 Å². The molecule has 1 amide bonds. The van der Waals surface area contributed by atoms with Crippen molar-refractivity contribution in [1.29, 1.82) is 0 Å². The van der Waals surface area contributed by atoms with E-state index in [2.05, 4.69) is 5.32 Å². The number of nitrogens with two attached hydrogens (primary N) is 1. The Morgan fingerprint density at radius 2 is 1.73 bits per heavy atom. The first kappa shape index (κ1) is 24.3. The van der Waals surface area contributed by atoms with Crippen LogP contribution in [0.4, 0.5) is 5.69 Å². The lowest BCUT2D eigenvalue weighted by atomic mass is 9.92. The quantitative estimate of drug-likeness (QED) is 0.286. The summed E-state index contributed by atoms with van der Waals surface area (Å²) in [5.41, 5.74) is 6.11. The normalized spacial score (nSPS) is 17.6. The molecule has 3 rings (SSSR count). The van der Waals surface area contributed by atoms with Crippen LogP contribution in [0.25, 0.3) is 0 Å². The minimum Gasteiger partial charge on any atom is -0.481 e. The minimum atomic E-state index is -1.85. The molecule has 2 atom stereocenters. The van der Waals surface area contributed by atoms with E-state index in [1.165, 1.54) is 4.90 Å². The van der Waals surface area contributed by atoms with E-state index in [-0.39, 0.29) is 19.5 Å². The zero-order valence-electron chi connectivity index (χ0n) is 18.6. The fraction of sp³-hybridized carbons (Fsp3) is 0.400. The zero-order chi connectivity index (χ0) is 23.8. The summed E-state index contributed by atoms with van der Waals surface area (Å²) >= 11 is 0. The zero-order valence-corrected chi connectivity index (χ0v) is 18.6. The Labute approximate surface area is 193 Å². The number of aliphatic carboxylic acids is 2. The summed E-state index contributed by atoms with van der Waals surface area (Å²) in [5, 5.41) is 22.8. The van der Waals surface area contributed by atoms with Gasteiger partial charge in [0, 0.05) is 25.2 Å². The number of hydrogen-bond acceptors (Lipinski definition) is 5. The highest BCUT2D eigenvalue weighted by atomic mass is 16.4. The van der Waals surface area contributed by atoms with Gasteiger partial charge in [-0.05, 0) is 49.4 Å². The molecule has 33 heavy (non-hydrogen) atoms. The monoisotopic (exact) mass is 453 g/mol.